The summed E-state index contributed by atoms with van der Waals surface area (Å²) < 4.78 is 10.3. The van der Waals surface area contributed by atoms with Crippen LogP contribution in [0.25, 0.3) is 0 Å². The first-order valence-electron chi connectivity index (χ1n) is 5.84. The van der Waals surface area contributed by atoms with Crippen LogP contribution in [0.15, 0.2) is 48.5 Å². The normalized spacial score (nSPS) is 9.95. The van der Waals surface area contributed by atoms with Crippen molar-refractivity contribution in [3.8, 4) is 5.75 Å². The van der Waals surface area contributed by atoms with Gasteiger partial charge in [0.15, 0.2) is 0 Å². The molecule has 19 heavy (non-hydrogen) atoms. The number of hydrogen-bond acceptors (Lipinski definition) is 4. The predicted molar refractivity (Wildman–Crippen MR) is 73.0 cm³/mol. The fourth-order valence-corrected chi connectivity index (χ4v) is 1.61. The molecule has 0 fully saturated rings. The van der Waals surface area contributed by atoms with E-state index in [-0.39, 0.29) is 12.6 Å². The molecule has 0 aliphatic rings. The molecule has 2 rings (SSSR count). The summed E-state index contributed by atoms with van der Waals surface area (Å²) in [5.74, 6) is 0.365. The number of rotatable bonds is 4. The molecule has 2 aromatic rings. The summed E-state index contributed by atoms with van der Waals surface area (Å²) in [4.78, 5) is 11.8. The molecule has 0 aliphatic carbocycles. The van der Waals surface area contributed by atoms with E-state index in [1.807, 2.05) is 24.3 Å². The maximum atomic E-state index is 11.8. The summed E-state index contributed by atoms with van der Waals surface area (Å²) >= 11 is 0. The van der Waals surface area contributed by atoms with Gasteiger partial charge in [-0.25, -0.2) is 4.79 Å². The van der Waals surface area contributed by atoms with Gasteiger partial charge in [-0.05, 0) is 42.0 Å². The Bertz CT molecular complexity index is 564. The summed E-state index contributed by atoms with van der Waals surface area (Å²) in [6.45, 7) is 0.209. The zero-order valence-electron chi connectivity index (χ0n) is 10.6. The zero-order valence-corrected chi connectivity index (χ0v) is 10.6. The van der Waals surface area contributed by atoms with Crippen LogP contribution in [0.4, 0.5) is 5.69 Å². The number of carbonyl (C=O) groups is 1. The lowest BCUT2D eigenvalue weighted by atomic mass is 10.2. The van der Waals surface area contributed by atoms with Crippen LogP contribution in [0.1, 0.15) is 15.9 Å². The number of carbonyl (C=O) groups excluding carboxylic acids is 1. The van der Waals surface area contributed by atoms with Crippen LogP contribution in [0, 0.1) is 0 Å². The highest BCUT2D eigenvalue weighted by atomic mass is 16.5. The van der Waals surface area contributed by atoms with E-state index in [0.717, 1.165) is 11.3 Å². The lowest BCUT2D eigenvalue weighted by Gasteiger charge is -2.06. The number of benzene rings is 2. The van der Waals surface area contributed by atoms with Gasteiger partial charge < -0.3 is 15.2 Å². The number of anilines is 1. The number of ether oxygens (including phenoxy) is 2. The fourth-order valence-electron chi connectivity index (χ4n) is 1.61. The van der Waals surface area contributed by atoms with Crippen molar-refractivity contribution >= 4 is 11.7 Å². The highest BCUT2D eigenvalue weighted by Gasteiger charge is 2.07. The molecule has 0 bridgehead atoms. The monoisotopic (exact) mass is 257 g/mol. The maximum Gasteiger partial charge on any atom is 0.338 e. The van der Waals surface area contributed by atoms with Crippen molar-refractivity contribution in [3.63, 3.8) is 0 Å². The molecule has 2 N–H and O–H groups in total. The van der Waals surface area contributed by atoms with E-state index in [4.69, 9.17) is 15.2 Å². The van der Waals surface area contributed by atoms with Gasteiger partial charge in [0, 0.05) is 5.69 Å². The Labute approximate surface area is 111 Å². The second-order valence-corrected chi connectivity index (χ2v) is 4.05. The lowest BCUT2D eigenvalue weighted by molar-refractivity contribution is 0.0472. The molecule has 0 amide bonds. The molecule has 0 saturated heterocycles. The average molecular weight is 257 g/mol. The van der Waals surface area contributed by atoms with E-state index in [1.165, 1.54) is 0 Å². The molecule has 4 nitrogen and oxygen atoms in total. The highest BCUT2D eigenvalue weighted by molar-refractivity contribution is 5.89. The maximum absolute atomic E-state index is 11.8. The highest BCUT2D eigenvalue weighted by Crippen LogP contribution is 2.14. The van der Waals surface area contributed by atoms with Gasteiger partial charge >= 0.3 is 5.97 Å². The van der Waals surface area contributed by atoms with Gasteiger partial charge in [0.25, 0.3) is 0 Å². The minimum absolute atomic E-state index is 0.209. The van der Waals surface area contributed by atoms with E-state index >= 15 is 0 Å². The van der Waals surface area contributed by atoms with Gasteiger partial charge in [-0.15, -0.1) is 0 Å². The average Bonchev–Trinajstić information content (AvgIpc) is 2.46. The predicted octanol–water partition coefficient (Wildman–Crippen LogP) is 2.63. The van der Waals surface area contributed by atoms with Crippen LogP contribution in [0.2, 0.25) is 0 Å². The number of esters is 1. The van der Waals surface area contributed by atoms with Gasteiger partial charge in [-0.2, -0.15) is 0 Å². The Morgan fingerprint density at radius 2 is 1.89 bits per heavy atom. The standard InChI is InChI=1S/C15H15NO3/c1-18-14-4-2-3-11(9-14)10-19-15(17)12-5-7-13(16)8-6-12/h2-9H,10,16H2,1H3. The van der Waals surface area contributed by atoms with Crippen molar-refractivity contribution in [1.29, 1.82) is 0 Å². The van der Waals surface area contributed by atoms with E-state index in [2.05, 4.69) is 0 Å². The third-order valence-electron chi connectivity index (χ3n) is 2.65. The third-order valence-corrected chi connectivity index (χ3v) is 2.65. The van der Waals surface area contributed by atoms with Crippen LogP contribution in [0.5, 0.6) is 5.75 Å². The van der Waals surface area contributed by atoms with E-state index in [0.29, 0.717) is 11.3 Å². The summed E-state index contributed by atoms with van der Waals surface area (Å²) in [6.07, 6.45) is 0. The SMILES string of the molecule is COc1cccc(COC(=O)c2ccc(N)cc2)c1. The summed E-state index contributed by atoms with van der Waals surface area (Å²) in [6, 6.07) is 14.0. The minimum Gasteiger partial charge on any atom is -0.497 e. The number of nitrogens with two attached hydrogens (primary N) is 1. The number of nitrogen functional groups attached to an aromatic ring is 1. The molecule has 0 atom stereocenters. The van der Waals surface area contributed by atoms with Crippen LogP contribution in [-0.2, 0) is 11.3 Å². The van der Waals surface area contributed by atoms with Gasteiger partial charge in [-0.1, -0.05) is 12.1 Å². The number of hydrogen-bond donors (Lipinski definition) is 1. The first-order valence-corrected chi connectivity index (χ1v) is 5.84. The Kier molecular flexibility index (Phi) is 4.03. The summed E-state index contributed by atoms with van der Waals surface area (Å²) in [5, 5.41) is 0. The van der Waals surface area contributed by atoms with Crippen molar-refractivity contribution in [1.82, 2.24) is 0 Å². The van der Waals surface area contributed by atoms with Gasteiger partial charge in [-0.3, -0.25) is 0 Å². The Balaban J connectivity index is 1.98. The Morgan fingerprint density at radius 3 is 2.58 bits per heavy atom. The van der Waals surface area contributed by atoms with Crippen LogP contribution in [0.3, 0.4) is 0 Å². The largest absolute Gasteiger partial charge is 0.497 e. The van der Waals surface area contributed by atoms with Gasteiger partial charge in [0.05, 0.1) is 12.7 Å². The molecule has 0 aromatic heterocycles. The van der Waals surface area contributed by atoms with Crippen LogP contribution in [-0.4, -0.2) is 13.1 Å². The topological polar surface area (TPSA) is 61.5 Å². The second kappa shape index (κ2) is 5.91. The van der Waals surface area contributed by atoms with Crippen molar-refractivity contribution < 1.29 is 14.3 Å². The fraction of sp³-hybridized carbons (Fsp3) is 0.133. The molecule has 0 unspecified atom stereocenters. The van der Waals surface area contributed by atoms with Crippen LogP contribution >= 0.6 is 0 Å². The first kappa shape index (κ1) is 13.0. The molecule has 4 heteroatoms. The third kappa shape index (κ3) is 3.48. The molecule has 0 radical (unpaired) electrons. The number of methoxy groups -OCH3 is 1. The van der Waals surface area contributed by atoms with E-state index in [9.17, 15) is 4.79 Å². The minimum atomic E-state index is -0.372. The van der Waals surface area contributed by atoms with Gasteiger partial charge in [0.1, 0.15) is 12.4 Å². The Hall–Kier alpha value is -2.49. The van der Waals surface area contributed by atoms with E-state index in [1.54, 1.807) is 31.4 Å². The first-order chi connectivity index (χ1) is 9.19. The molecular weight excluding hydrogens is 242 g/mol. The zero-order chi connectivity index (χ0) is 13.7. The molecule has 0 heterocycles. The molecule has 98 valence electrons. The second-order valence-electron chi connectivity index (χ2n) is 4.05. The van der Waals surface area contributed by atoms with Crippen molar-refractivity contribution in [2.24, 2.45) is 0 Å². The van der Waals surface area contributed by atoms with Crippen LogP contribution < -0.4 is 10.5 Å². The molecule has 0 saturated carbocycles. The molecule has 0 aliphatic heterocycles. The molecule has 0 spiro atoms. The van der Waals surface area contributed by atoms with E-state index < -0.39 is 0 Å². The van der Waals surface area contributed by atoms with Crippen molar-refractivity contribution in [3.05, 3.63) is 59.7 Å². The van der Waals surface area contributed by atoms with Crippen molar-refractivity contribution in [2.45, 2.75) is 6.61 Å². The Morgan fingerprint density at radius 1 is 1.16 bits per heavy atom. The molecule has 2 aromatic carbocycles. The molecular formula is C15H15NO3. The van der Waals surface area contributed by atoms with Crippen molar-refractivity contribution in [2.75, 3.05) is 12.8 Å². The quantitative estimate of drug-likeness (QED) is 0.675. The summed E-state index contributed by atoms with van der Waals surface area (Å²) in [7, 11) is 1.60. The smallest absolute Gasteiger partial charge is 0.338 e. The lowest BCUT2D eigenvalue weighted by Crippen LogP contribution is -2.05. The van der Waals surface area contributed by atoms with Gasteiger partial charge in [0.2, 0.25) is 0 Å². The summed E-state index contributed by atoms with van der Waals surface area (Å²) in [5.41, 5.74) is 7.53.